The lowest BCUT2D eigenvalue weighted by atomic mass is 9.78. The summed E-state index contributed by atoms with van der Waals surface area (Å²) in [5, 5.41) is 5.15. The molecule has 8 aromatic rings. The first-order valence-corrected chi connectivity index (χ1v) is 19.4. The van der Waals surface area contributed by atoms with E-state index in [0.717, 1.165) is 0 Å². The number of fused-ring (bicyclic) bond motifs is 7. The first-order valence-electron chi connectivity index (χ1n) is 18.6. The lowest BCUT2D eigenvalue weighted by molar-refractivity contribution is 0.444. The van der Waals surface area contributed by atoms with Gasteiger partial charge >= 0.3 is 0 Å². The van der Waals surface area contributed by atoms with Gasteiger partial charge in [-0.15, -0.1) is 11.3 Å². The van der Waals surface area contributed by atoms with Crippen molar-refractivity contribution in [3.05, 3.63) is 162 Å². The normalized spacial score (nSPS) is 15.3. The smallest absolute Gasteiger partial charge is 0.0546 e. The molecule has 0 unspecified atom stereocenters. The van der Waals surface area contributed by atoms with Gasteiger partial charge in [-0.1, -0.05) is 136 Å². The fourth-order valence-electron chi connectivity index (χ4n) is 9.33. The molecular formula is C49H41NS. The Kier molecular flexibility index (Phi) is 7.18. The van der Waals surface area contributed by atoms with Crippen LogP contribution in [0.3, 0.4) is 0 Å². The molecule has 1 saturated carbocycles. The van der Waals surface area contributed by atoms with Crippen LogP contribution in [0.4, 0.5) is 17.1 Å². The molecule has 0 aliphatic heterocycles. The average molecular weight is 676 g/mol. The number of rotatable bonds is 5. The summed E-state index contributed by atoms with van der Waals surface area (Å²) in [5.41, 5.74) is 13.3. The van der Waals surface area contributed by atoms with Crippen LogP contribution in [0, 0.1) is 0 Å². The van der Waals surface area contributed by atoms with Crippen molar-refractivity contribution in [2.24, 2.45) is 0 Å². The highest BCUT2D eigenvalue weighted by molar-refractivity contribution is 7.25. The first kappa shape index (κ1) is 30.6. The van der Waals surface area contributed by atoms with Gasteiger partial charge in [0.15, 0.2) is 0 Å². The van der Waals surface area contributed by atoms with Gasteiger partial charge in [0.05, 0.1) is 5.69 Å². The Bertz CT molecular complexity index is 2600. The van der Waals surface area contributed by atoms with E-state index in [0.29, 0.717) is 5.92 Å². The molecular weight excluding hydrogens is 635 g/mol. The molecule has 2 aliphatic rings. The Labute approximate surface area is 304 Å². The van der Waals surface area contributed by atoms with Crippen LogP contribution in [0.25, 0.3) is 53.2 Å². The molecule has 2 aliphatic carbocycles. The molecule has 0 bridgehead atoms. The van der Waals surface area contributed by atoms with Gasteiger partial charge < -0.3 is 4.90 Å². The zero-order valence-corrected chi connectivity index (χ0v) is 30.1. The third kappa shape index (κ3) is 4.88. The van der Waals surface area contributed by atoms with Crippen LogP contribution in [0.15, 0.2) is 146 Å². The number of thiophene rings is 1. The summed E-state index contributed by atoms with van der Waals surface area (Å²) >= 11 is 1.88. The summed E-state index contributed by atoms with van der Waals surface area (Å²) in [6.07, 6.45) is 6.68. The standard InChI is InChI=1S/C49H41NS/c1-49(2)42-22-13-21-38(32-14-5-3-6-15-32)48(42)40-27-25-36(31-43(40)49)50(35-26-29-46-41(30-35)39-20-11-12-23-45(39)51-46)44-28-24-33-16-9-10-19-37(33)47(44)34-17-7-4-8-18-34/h4,7-13,16-32H,3,5-6,14-15H2,1-2H3. The number of hydrogen-bond donors (Lipinski definition) is 0. The van der Waals surface area contributed by atoms with E-state index < -0.39 is 0 Å². The van der Waals surface area contributed by atoms with Crippen molar-refractivity contribution in [1.82, 2.24) is 0 Å². The monoisotopic (exact) mass is 675 g/mol. The first-order chi connectivity index (χ1) is 25.1. The predicted octanol–water partition coefficient (Wildman–Crippen LogP) is 14.7. The maximum absolute atomic E-state index is 2.53. The third-order valence-electron chi connectivity index (χ3n) is 11.8. The lowest BCUT2D eigenvalue weighted by Gasteiger charge is -2.30. The third-order valence-corrected chi connectivity index (χ3v) is 13.0. The predicted molar refractivity (Wildman–Crippen MR) is 220 cm³/mol. The highest BCUT2D eigenvalue weighted by Gasteiger charge is 2.38. The van der Waals surface area contributed by atoms with Gasteiger partial charge in [0, 0.05) is 42.5 Å². The number of anilines is 3. The minimum absolute atomic E-state index is 0.101. The van der Waals surface area contributed by atoms with Gasteiger partial charge in [-0.05, 0) is 105 Å². The summed E-state index contributed by atoms with van der Waals surface area (Å²) in [6, 6.07) is 54.8. The topological polar surface area (TPSA) is 3.24 Å². The molecule has 7 aromatic carbocycles. The number of hydrogen-bond acceptors (Lipinski definition) is 2. The molecule has 0 N–H and O–H groups in total. The van der Waals surface area contributed by atoms with Gasteiger partial charge in [-0.25, -0.2) is 0 Å². The van der Waals surface area contributed by atoms with E-state index in [9.17, 15) is 0 Å². The Balaban J connectivity index is 1.23. The van der Waals surface area contributed by atoms with Crippen LogP contribution >= 0.6 is 11.3 Å². The largest absolute Gasteiger partial charge is 0.310 e. The summed E-state index contributed by atoms with van der Waals surface area (Å²) in [6.45, 7) is 4.87. The van der Waals surface area contributed by atoms with Gasteiger partial charge in [-0.2, -0.15) is 0 Å². The van der Waals surface area contributed by atoms with E-state index >= 15 is 0 Å². The van der Waals surface area contributed by atoms with E-state index in [1.54, 1.807) is 5.56 Å². The van der Waals surface area contributed by atoms with Crippen molar-refractivity contribution in [2.75, 3.05) is 4.90 Å². The Morgan fingerprint density at radius 1 is 0.549 bits per heavy atom. The minimum atomic E-state index is -0.101. The molecule has 0 radical (unpaired) electrons. The molecule has 1 aromatic heterocycles. The molecule has 1 fully saturated rings. The maximum Gasteiger partial charge on any atom is 0.0546 e. The summed E-state index contributed by atoms with van der Waals surface area (Å²) in [7, 11) is 0. The highest BCUT2D eigenvalue weighted by Crippen LogP contribution is 2.55. The molecule has 0 amide bonds. The second-order valence-electron chi connectivity index (χ2n) is 15.1. The molecule has 1 heterocycles. The van der Waals surface area contributed by atoms with E-state index in [1.807, 2.05) is 11.3 Å². The lowest BCUT2D eigenvalue weighted by Crippen LogP contribution is -2.17. The van der Waals surface area contributed by atoms with Crippen molar-refractivity contribution in [2.45, 2.75) is 57.3 Å². The van der Waals surface area contributed by atoms with E-state index in [-0.39, 0.29) is 5.41 Å². The Morgan fingerprint density at radius 3 is 2.14 bits per heavy atom. The number of benzene rings is 7. The Hall–Kier alpha value is -5.18. The Morgan fingerprint density at radius 2 is 1.27 bits per heavy atom. The molecule has 0 spiro atoms. The molecule has 51 heavy (non-hydrogen) atoms. The fraction of sp³-hybridized carbons (Fsp3) is 0.184. The summed E-state index contributed by atoms with van der Waals surface area (Å²) in [5.74, 6) is 0.657. The zero-order chi connectivity index (χ0) is 34.1. The molecule has 0 atom stereocenters. The fourth-order valence-corrected chi connectivity index (χ4v) is 10.4. The SMILES string of the molecule is CC1(C)c2cc(N(c3ccc4sc5ccccc5c4c3)c3ccc4ccccc4c3-c3ccccc3)ccc2-c2c(C3CCCCC3)cccc21. The van der Waals surface area contributed by atoms with Crippen molar-refractivity contribution in [3.63, 3.8) is 0 Å². The van der Waals surface area contributed by atoms with Gasteiger partial charge in [-0.3, -0.25) is 0 Å². The van der Waals surface area contributed by atoms with Crippen molar-refractivity contribution < 1.29 is 0 Å². The minimum Gasteiger partial charge on any atom is -0.310 e. The van der Waals surface area contributed by atoms with Gasteiger partial charge in [0.1, 0.15) is 0 Å². The zero-order valence-electron chi connectivity index (χ0n) is 29.3. The van der Waals surface area contributed by atoms with Crippen molar-refractivity contribution in [3.8, 4) is 22.3 Å². The van der Waals surface area contributed by atoms with Crippen LogP contribution in [-0.2, 0) is 5.41 Å². The second-order valence-corrected chi connectivity index (χ2v) is 16.2. The molecule has 248 valence electrons. The summed E-state index contributed by atoms with van der Waals surface area (Å²) in [4.78, 5) is 2.53. The quantitative estimate of drug-likeness (QED) is 0.175. The van der Waals surface area contributed by atoms with Crippen molar-refractivity contribution in [1.29, 1.82) is 0 Å². The van der Waals surface area contributed by atoms with Crippen molar-refractivity contribution >= 4 is 59.3 Å². The van der Waals surface area contributed by atoms with E-state index in [2.05, 4.69) is 164 Å². The molecule has 2 heteroatoms. The molecule has 0 saturated heterocycles. The van der Waals surface area contributed by atoms with Crippen LogP contribution in [0.5, 0.6) is 0 Å². The highest BCUT2D eigenvalue weighted by atomic mass is 32.1. The van der Waals surface area contributed by atoms with Crippen LogP contribution in [0.1, 0.15) is 68.6 Å². The van der Waals surface area contributed by atoms with E-state index in [1.165, 1.54) is 113 Å². The molecule has 10 rings (SSSR count). The summed E-state index contributed by atoms with van der Waals surface area (Å²) < 4.78 is 2.65. The van der Waals surface area contributed by atoms with Crippen LogP contribution in [-0.4, -0.2) is 0 Å². The van der Waals surface area contributed by atoms with Gasteiger partial charge in [0.25, 0.3) is 0 Å². The average Bonchev–Trinajstić information content (AvgIpc) is 3.67. The van der Waals surface area contributed by atoms with Gasteiger partial charge in [0.2, 0.25) is 0 Å². The second kappa shape index (κ2) is 12.0. The number of nitrogens with zero attached hydrogens (tertiary/aromatic N) is 1. The van der Waals surface area contributed by atoms with Crippen LogP contribution in [0.2, 0.25) is 0 Å². The molecule has 1 nitrogen and oxygen atoms in total. The maximum atomic E-state index is 2.53. The van der Waals surface area contributed by atoms with E-state index in [4.69, 9.17) is 0 Å². The van der Waals surface area contributed by atoms with Crippen LogP contribution < -0.4 is 4.90 Å².